The molecular weight excluding hydrogens is 404 g/mol. The normalized spacial score (nSPS) is 14.2. The summed E-state index contributed by atoms with van der Waals surface area (Å²) in [5.74, 6) is 1.89. The minimum Gasteiger partial charge on any atom is -0.497 e. The Bertz CT molecular complexity index is 882. The van der Waals surface area contributed by atoms with Crippen LogP contribution in [0, 0.1) is 13.8 Å². The minimum absolute atomic E-state index is 0.0538. The zero-order chi connectivity index (χ0) is 22.9. The molecule has 0 spiro atoms. The van der Waals surface area contributed by atoms with Crippen molar-refractivity contribution >= 4 is 11.8 Å². The molecule has 0 saturated carbocycles. The number of nitrogens with zero attached hydrogens (tertiary/aromatic N) is 1. The fourth-order valence-corrected chi connectivity index (χ4v) is 4.04. The van der Waals surface area contributed by atoms with Gasteiger partial charge in [0, 0.05) is 25.6 Å². The van der Waals surface area contributed by atoms with Gasteiger partial charge < -0.3 is 19.7 Å². The topological polar surface area (TPSA) is 67.9 Å². The molecule has 1 aliphatic heterocycles. The molecule has 0 radical (unpaired) electrons. The molecule has 0 aliphatic carbocycles. The molecule has 1 heterocycles. The summed E-state index contributed by atoms with van der Waals surface area (Å²) in [5.41, 5.74) is 3.21. The van der Waals surface area contributed by atoms with Crippen molar-refractivity contribution in [2.45, 2.75) is 52.0 Å². The first kappa shape index (κ1) is 23.6. The maximum atomic E-state index is 12.6. The summed E-state index contributed by atoms with van der Waals surface area (Å²) < 4.78 is 11.0. The largest absolute Gasteiger partial charge is 0.497 e. The molecule has 6 heteroatoms. The highest BCUT2D eigenvalue weighted by molar-refractivity contribution is 5.79. The summed E-state index contributed by atoms with van der Waals surface area (Å²) in [6.45, 7) is 5.94. The fraction of sp³-hybridized carbons (Fsp3) is 0.462. The van der Waals surface area contributed by atoms with E-state index in [1.54, 1.807) is 7.11 Å². The molecule has 1 fully saturated rings. The van der Waals surface area contributed by atoms with Crippen LogP contribution in [0.4, 0.5) is 0 Å². The lowest BCUT2D eigenvalue weighted by Crippen LogP contribution is -2.47. The summed E-state index contributed by atoms with van der Waals surface area (Å²) in [5, 5.41) is 3.12. The Morgan fingerprint density at radius 2 is 1.69 bits per heavy atom. The van der Waals surface area contributed by atoms with E-state index in [-0.39, 0.29) is 17.9 Å². The summed E-state index contributed by atoms with van der Waals surface area (Å²) in [6, 6.07) is 13.8. The lowest BCUT2D eigenvalue weighted by molar-refractivity contribution is -0.131. The monoisotopic (exact) mass is 438 g/mol. The van der Waals surface area contributed by atoms with Crippen molar-refractivity contribution in [3.05, 3.63) is 59.2 Å². The predicted octanol–water partition coefficient (Wildman–Crippen LogP) is 3.82. The van der Waals surface area contributed by atoms with Crippen molar-refractivity contribution in [2.24, 2.45) is 0 Å². The Balaban J connectivity index is 1.33. The number of nitrogens with one attached hydrogen (secondary N) is 1. The van der Waals surface area contributed by atoms with E-state index in [0.717, 1.165) is 41.0 Å². The second kappa shape index (κ2) is 11.6. The quantitative estimate of drug-likeness (QED) is 0.605. The number of carbonyl (C=O) groups excluding carboxylic acids is 2. The Labute approximate surface area is 190 Å². The van der Waals surface area contributed by atoms with Crippen molar-refractivity contribution in [1.29, 1.82) is 0 Å². The second-order valence-electron chi connectivity index (χ2n) is 8.42. The first-order valence-electron chi connectivity index (χ1n) is 11.4. The SMILES string of the molecule is COc1ccc(CC(=O)N2CCC(NC(=O)CCCOc3c(C)cccc3C)CC2)cc1. The molecule has 2 aromatic rings. The number of methoxy groups -OCH3 is 1. The standard InChI is InChI=1S/C26H34N2O4/c1-19-6-4-7-20(2)26(19)32-17-5-8-24(29)27-22-13-15-28(16-14-22)25(30)18-21-9-11-23(31-3)12-10-21/h4,6-7,9-12,22H,5,8,13-18H2,1-3H3,(H,27,29). The van der Waals surface area contributed by atoms with E-state index in [1.165, 1.54) is 0 Å². The highest BCUT2D eigenvalue weighted by Crippen LogP contribution is 2.22. The number of amides is 2. The molecule has 2 amide bonds. The van der Waals surface area contributed by atoms with Gasteiger partial charge in [0.25, 0.3) is 0 Å². The lowest BCUT2D eigenvalue weighted by atomic mass is 10.0. The number of piperidine rings is 1. The molecule has 0 unspecified atom stereocenters. The van der Waals surface area contributed by atoms with Crippen LogP contribution in [0.3, 0.4) is 0 Å². The maximum absolute atomic E-state index is 12.6. The van der Waals surface area contributed by atoms with Gasteiger partial charge in [0.1, 0.15) is 11.5 Å². The number of carbonyl (C=O) groups is 2. The van der Waals surface area contributed by atoms with Crippen LogP contribution < -0.4 is 14.8 Å². The number of hydrogen-bond donors (Lipinski definition) is 1. The number of rotatable bonds is 9. The van der Waals surface area contributed by atoms with Crippen LogP contribution in [-0.2, 0) is 16.0 Å². The van der Waals surface area contributed by atoms with E-state index >= 15 is 0 Å². The zero-order valence-electron chi connectivity index (χ0n) is 19.4. The van der Waals surface area contributed by atoms with Crippen molar-refractivity contribution in [3.8, 4) is 11.5 Å². The average molecular weight is 439 g/mol. The summed E-state index contributed by atoms with van der Waals surface area (Å²) in [6.07, 6.45) is 3.10. The van der Waals surface area contributed by atoms with Crippen LogP contribution >= 0.6 is 0 Å². The summed E-state index contributed by atoms with van der Waals surface area (Å²) in [4.78, 5) is 26.8. The number of hydrogen-bond acceptors (Lipinski definition) is 4. The van der Waals surface area contributed by atoms with Gasteiger partial charge in [0.05, 0.1) is 20.1 Å². The van der Waals surface area contributed by atoms with E-state index < -0.39 is 0 Å². The third kappa shape index (κ3) is 6.74. The molecule has 3 rings (SSSR count). The van der Waals surface area contributed by atoms with Gasteiger partial charge in [0.15, 0.2) is 0 Å². The molecule has 0 atom stereocenters. The number of likely N-dealkylation sites (tertiary alicyclic amines) is 1. The van der Waals surface area contributed by atoms with Crippen LogP contribution in [0.5, 0.6) is 11.5 Å². The van der Waals surface area contributed by atoms with Crippen molar-refractivity contribution in [2.75, 3.05) is 26.8 Å². The van der Waals surface area contributed by atoms with Crippen molar-refractivity contribution in [3.63, 3.8) is 0 Å². The Hall–Kier alpha value is -3.02. The molecule has 6 nitrogen and oxygen atoms in total. The van der Waals surface area contributed by atoms with Crippen LogP contribution in [0.1, 0.15) is 42.4 Å². The van der Waals surface area contributed by atoms with Crippen molar-refractivity contribution in [1.82, 2.24) is 10.2 Å². The first-order chi connectivity index (χ1) is 15.5. The molecular formula is C26H34N2O4. The molecule has 2 aromatic carbocycles. The van der Waals surface area contributed by atoms with Gasteiger partial charge in [-0.2, -0.15) is 0 Å². The van der Waals surface area contributed by atoms with Gasteiger partial charge in [-0.25, -0.2) is 0 Å². The minimum atomic E-state index is 0.0538. The predicted molar refractivity (Wildman–Crippen MR) is 125 cm³/mol. The molecule has 1 N–H and O–H groups in total. The lowest BCUT2D eigenvalue weighted by Gasteiger charge is -2.32. The number of para-hydroxylation sites is 1. The highest BCUT2D eigenvalue weighted by atomic mass is 16.5. The maximum Gasteiger partial charge on any atom is 0.226 e. The molecule has 172 valence electrons. The van der Waals surface area contributed by atoms with Gasteiger partial charge in [-0.1, -0.05) is 30.3 Å². The van der Waals surface area contributed by atoms with Crippen LogP contribution in [0.15, 0.2) is 42.5 Å². The van der Waals surface area contributed by atoms with Gasteiger partial charge in [0.2, 0.25) is 11.8 Å². The van der Waals surface area contributed by atoms with E-state index in [0.29, 0.717) is 39.0 Å². The van der Waals surface area contributed by atoms with E-state index in [1.807, 2.05) is 61.2 Å². The molecule has 0 aromatic heterocycles. The third-order valence-electron chi connectivity index (χ3n) is 5.93. The zero-order valence-corrected chi connectivity index (χ0v) is 19.4. The highest BCUT2D eigenvalue weighted by Gasteiger charge is 2.23. The van der Waals surface area contributed by atoms with Crippen molar-refractivity contribution < 1.29 is 19.1 Å². The second-order valence-corrected chi connectivity index (χ2v) is 8.42. The van der Waals surface area contributed by atoms with E-state index in [2.05, 4.69) is 5.32 Å². The smallest absolute Gasteiger partial charge is 0.226 e. The van der Waals surface area contributed by atoms with Crippen LogP contribution in [-0.4, -0.2) is 49.6 Å². The number of ether oxygens (including phenoxy) is 2. The average Bonchev–Trinajstić information content (AvgIpc) is 2.79. The van der Waals surface area contributed by atoms with E-state index in [4.69, 9.17) is 9.47 Å². The molecule has 32 heavy (non-hydrogen) atoms. The summed E-state index contributed by atoms with van der Waals surface area (Å²) in [7, 11) is 1.63. The van der Waals surface area contributed by atoms with E-state index in [9.17, 15) is 9.59 Å². The van der Waals surface area contributed by atoms with Gasteiger partial charge in [-0.3, -0.25) is 9.59 Å². The molecule has 1 aliphatic rings. The Morgan fingerprint density at radius 1 is 1.03 bits per heavy atom. The molecule has 1 saturated heterocycles. The van der Waals surface area contributed by atoms with Crippen LogP contribution in [0.2, 0.25) is 0 Å². The Morgan fingerprint density at radius 3 is 2.31 bits per heavy atom. The Kier molecular flexibility index (Phi) is 8.54. The summed E-state index contributed by atoms with van der Waals surface area (Å²) >= 11 is 0. The fourth-order valence-electron chi connectivity index (χ4n) is 4.04. The van der Waals surface area contributed by atoms with Crippen LogP contribution in [0.25, 0.3) is 0 Å². The third-order valence-corrected chi connectivity index (χ3v) is 5.93. The number of aryl methyl sites for hydroxylation is 2. The van der Waals surface area contributed by atoms with Gasteiger partial charge in [-0.05, 0) is 61.9 Å². The van der Waals surface area contributed by atoms with Gasteiger partial charge >= 0.3 is 0 Å². The first-order valence-corrected chi connectivity index (χ1v) is 11.4. The van der Waals surface area contributed by atoms with Gasteiger partial charge in [-0.15, -0.1) is 0 Å². The number of benzene rings is 2. The molecule has 0 bridgehead atoms.